The number of carbonyl (C=O) groups excluding carboxylic acids is 2. The van der Waals surface area contributed by atoms with E-state index in [1.807, 2.05) is 35.9 Å². The average Bonchev–Trinajstić information content (AvgIpc) is 3.12. The van der Waals surface area contributed by atoms with Crippen molar-refractivity contribution in [2.75, 3.05) is 20.3 Å². The molecule has 1 fully saturated rings. The molecule has 1 N–H and O–H groups in total. The number of hydrogen-bond donors (Lipinski definition) is 1. The molecule has 3 aromatic rings. The van der Waals surface area contributed by atoms with Crippen molar-refractivity contribution in [3.05, 3.63) is 65.7 Å². The van der Waals surface area contributed by atoms with Gasteiger partial charge in [-0.2, -0.15) is 0 Å². The third kappa shape index (κ3) is 4.36. The van der Waals surface area contributed by atoms with E-state index < -0.39 is 12.0 Å². The number of amides is 2. The maximum Gasteiger partial charge on any atom is 0.225 e. The van der Waals surface area contributed by atoms with Crippen LogP contribution in [0.3, 0.4) is 0 Å². The number of aryl methyl sites for hydroxylation is 1. The Kier molecular flexibility index (Phi) is 6.50. The smallest absolute Gasteiger partial charge is 0.225 e. The van der Waals surface area contributed by atoms with E-state index in [9.17, 15) is 14.0 Å². The number of para-hydroxylation sites is 2. The molecule has 2 aromatic carbocycles. The second kappa shape index (κ2) is 9.48. The van der Waals surface area contributed by atoms with Gasteiger partial charge in [0.2, 0.25) is 11.8 Å². The van der Waals surface area contributed by atoms with Gasteiger partial charge in [-0.25, -0.2) is 9.37 Å². The number of aromatic nitrogens is 2. The van der Waals surface area contributed by atoms with Gasteiger partial charge in [-0.3, -0.25) is 9.59 Å². The van der Waals surface area contributed by atoms with E-state index >= 15 is 0 Å². The molecule has 0 radical (unpaired) electrons. The number of likely N-dealkylation sites (tertiary alicyclic amines) is 1. The van der Waals surface area contributed by atoms with Crippen molar-refractivity contribution in [2.24, 2.45) is 13.0 Å². The van der Waals surface area contributed by atoms with Crippen LogP contribution in [0.25, 0.3) is 11.0 Å². The molecule has 0 saturated carbocycles. The first kappa shape index (κ1) is 22.0. The Morgan fingerprint density at radius 3 is 2.69 bits per heavy atom. The van der Waals surface area contributed by atoms with Crippen LogP contribution in [0.5, 0.6) is 0 Å². The lowest BCUT2D eigenvalue weighted by Gasteiger charge is -2.40. The number of ether oxygens (including phenoxy) is 1. The molecule has 168 valence electrons. The second-order valence-electron chi connectivity index (χ2n) is 8.02. The van der Waals surface area contributed by atoms with Crippen LogP contribution >= 0.6 is 0 Å². The fourth-order valence-electron chi connectivity index (χ4n) is 4.40. The Labute approximate surface area is 186 Å². The van der Waals surface area contributed by atoms with Gasteiger partial charge >= 0.3 is 0 Å². The fraction of sp³-hybridized carbons (Fsp3) is 0.375. The molecular weight excluding hydrogens is 411 g/mol. The summed E-state index contributed by atoms with van der Waals surface area (Å²) >= 11 is 0. The molecule has 0 aliphatic carbocycles. The second-order valence-corrected chi connectivity index (χ2v) is 8.02. The number of rotatable bonds is 7. The molecule has 2 heterocycles. The summed E-state index contributed by atoms with van der Waals surface area (Å²) in [6, 6.07) is 13.3. The molecule has 2 amide bonds. The van der Waals surface area contributed by atoms with E-state index in [1.165, 1.54) is 12.1 Å². The van der Waals surface area contributed by atoms with Gasteiger partial charge in [0, 0.05) is 27.1 Å². The van der Waals surface area contributed by atoms with Crippen molar-refractivity contribution < 1.29 is 18.7 Å². The number of piperidine rings is 1. The minimum Gasteiger partial charge on any atom is -0.383 e. The summed E-state index contributed by atoms with van der Waals surface area (Å²) in [5.74, 6) is -0.245. The summed E-state index contributed by atoms with van der Waals surface area (Å²) in [4.78, 5) is 32.3. The highest BCUT2D eigenvalue weighted by atomic mass is 19.1. The van der Waals surface area contributed by atoms with Crippen molar-refractivity contribution in [1.82, 2.24) is 19.8 Å². The SMILES string of the molecule is COCCN1C(=O)CC[C@@H](C(=O)NCc2nc3ccccc3n2C)[C@@H]1c1ccc(F)cc1. The van der Waals surface area contributed by atoms with Crippen LogP contribution < -0.4 is 5.32 Å². The van der Waals surface area contributed by atoms with Crippen molar-refractivity contribution in [3.8, 4) is 0 Å². The number of imidazole rings is 1. The number of fused-ring (bicyclic) bond motifs is 1. The number of halogens is 1. The first-order valence-corrected chi connectivity index (χ1v) is 10.7. The normalized spacial score (nSPS) is 18.8. The molecule has 0 unspecified atom stereocenters. The lowest BCUT2D eigenvalue weighted by Crippen LogP contribution is -2.49. The summed E-state index contributed by atoms with van der Waals surface area (Å²) < 4.78 is 20.7. The summed E-state index contributed by atoms with van der Waals surface area (Å²) in [7, 11) is 3.49. The van der Waals surface area contributed by atoms with Gasteiger partial charge in [0.25, 0.3) is 0 Å². The van der Waals surface area contributed by atoms with Gasteiger partial charge in [0.05, 0.1) is 36.1 Å². The molecule has 4 rings (SSSR count). The molecule has 32 heavy (non-hydrogen) atoms. The van der Waals surface area contributed by atoms with E-state index in [2.05, 4.69) is 10.3 Å². The van der Waals surface area contributed by atoms with Crippen LogP contribution in [-0.2, 0) is 27.9 Å². The largest absolute Gasteiger partial charge is 0.383 e. The van der Waals surface area contributed by atoms with Crippen LogP contribution in [0.15, 0.2) is 48.5 Å². The highest BCUT2D eigenvalue weighted by Crippen LogP contribution is 2.37. The van der Waals surface area contributed by atoms with Crippen LogP contribution in [0, 0.1) is 11.7 Å². The van der Waals surface area contributed by atoms with E-state index in [1.54, 1.807) is 24.1 Å². The van der Waals surface area contributed by atoms with Crippen LogP contribution in [0.2, 0.25) is 0 Å². The zero-order valence-corrected chi connectivity index (χ0v) is 18.3. The molecule has 1 aliphatic heterocycles. The van der Waals surface area contributed by atoms with E-state index in [0.29, 0.717) is 19.6 Å². The highest BCUT2D eigenvalue weighted by Gasteiger charge is 2.40. The first-order valence-electron chi connectivity index (χ1n) is 10.7. The monoisotopic (exact) mass is 438 g/mol. The van der Waals surface area contributed by atoms with Crippen molar-refractivity contribution in [1.29, 1.82) is 0 Å². The highest BCUT2D eigenvalue weighted by molar-refractivity contribution is 5.85. The Hall–Kier alpha value is -3.26. The van der Waals surface area contributed by atoms with Crippen LogP contribution in [0.4, 0.5) is 4.39 Å². The third-order valence-corrected chi connectivity index (χ3v) is 6.09. The van der Waals surface area contributed by atoms with Gasteiger partial charge in [-0.05, 0) is 36.2 Å². The number of hydrogen-bond acceptors (Lipinski definition) is 4. The standard InChI is InChI=1S/C24H27FN4O3/c1-28-20-6-4-3-5-19(20)27-21(28)15-26-24(31)18-11-12-22(30)29(13-14-32-2)23(18)16-7-9-17(25)10-8-16/h3-10,18,23H,11-15H2,1-2H3,(H,26,31)/t18-,23+/m1/s1. The Bertz CT molecular complexity index is 1110. The molecule has 0 bridgehead atoms. The molecule has 2 atom stereocenters. The van der Waals surface area contributed by atoms with Gasteiger partial charge in [-0.15, -0.1) is 0 Å². The summed E-state index contributed by atoms with van der Waals surface area (Å²) in [5.41, 5.74) is 2.60. The Balaban J connectivity index is 1.57. The predicted octanol–water partition coefficient (Wildman–Crippen LogP) is 2.95. The Morgan fingerprint density at radius 1 is 1.22 bits per heavy atom. The molecule has 1 aliphatic rings. The first-order chi connectivity index (χ1) is 15.5. The number of nitrogens with one attached hydrogen (secondary N) is 1. The van der Waals surface area contributed by atoms with E-state index in [0.717, 1.165) is 22.4 Å². The van der Waals surface area contributed by atoms with Gasteiger partial charge < -0.3 is 19.5 Å². The summed E-state index contributed by atoms with van der Waals surface area (Å²) in [6.45, 7) is 1.01. The maximum atomic E-state index is 13.5. The maximum absolute atomic E-state index is 13.5. The van der Waals surface area contributed by atoms with Gasteiger partial charge in [0.15, 0.2) is 0 Å². The Morgan fingerprint density at radius 2 is 1.97 bits per heavy atom. The molecule has 1 saturated heterocycles. The topological polar surface area (TPSA) is 76.5 Å². The van der Waals surface area contributed by atoms with E-state index in [4.69, 9.17) is 4.74 Å². The van der Waals surface area contributed by atoms with Crippen LogP contribution in [0.1, 0.15) is 30.3 Å². The third-order valence-electron chi connectivity index (χ3n) is 6.09. The molecule has 8 heteroatoms. The van der Waals surface area contributed by atoms with Crippen molar-refractivity contribution in [2.45, 2.75) is 25.4 Å². The predicted molar refractivity (Wildman–Crippen MR) is 118 cm³/mol. The molecule has 1 aromatic heterocycles. The van der Waals surface area contributed by atoms with Gasteiger partial charge in [-0.1, -0.05) is 24.3 Å². The number of benzene rings is 2. The molecular formula is C24H27FN4O3. The lowest BCUT2D eigenvalue weighted by molar-refractivity contribution is -0.144. The lowest BCUT2D eigenvalue weighted by atomic mass is 9.83. The molecule has 7 nitrogen and oxygen atoms in total. The average molecular weight is 439 g/mol. The molecule has 0 spiro atoms. The fourth-order valence-corrected chi connectivity index (χ4v) is 4.40. The van der Waals surface area contributed by atoms with Crippen molar-refractivity contribution >= 4 is 22.8 Å². The minimum atomic E-state index is -0.479. The summed E-state index contributed by atoms with van der Waals surface area (Å²) in [6.07, 6.45) is 0.713. The van der Waals surface area contributed by atoms with Gasteiger partial charge in [0.1, 0.15) is 11.6 Å². The summed E-state index contributed by atoms with van der Waals surface area (Å²) in [5, 5.41) is 3.01. The zero-order chi connectivity index (χ0) is 22.7. The van der Waals surface area contributed by atoms with Crippen LogP contribution in [-0.4, -0.2) is 46.5 Å². The van der Waals surface area contributed by atoms with Crippen molar-refractivity contribution in [3.63, 3.8) is 0 Å². The number of methoxy groups -OCH3 is 1. The number of nitrogens with zero attached hydrogens (tertiary/aromatic N) is 3. The quantitative estimate of drug-likeness (QED) is 0.615. The zero-order valence-electron chi connectivity index (χ0n) is 18.3. The number of carbonyl (C=O) groups is 2. The van der Waals surface area contributed by atoms with E-state index in [-0.39, 0.29) is 30.6 Å². The minimum absolute atomic E-state index is 0.0317.